The van der Waals surface area contributed by atoms with Crippen molar-refractivity contribution in [2.24, 2.45) is 0 Å². The minimum absolute atomic E-state index is 0.0194. The summed E-state index contributed by atoms with van der Waals surface area (Å²) in [6, 6.07) is 0.472. The molecule has 0 saturated heterocycles. The fourth-order valence-electron chi connectivity index (χ4n) is 2.49. The second-order valence-corrected chi connectivity index (χ2v) is 4.77. The average Bonchev–Trinajstić information content (AvgIpc) is 2.56. The molecule has 4 heteroatoms. The summed E-state index contributed by atoms with van der Waals surface area (Å²) in [6.07, 6.45) is 3.31. The number of rotatable bonds is 1. The molecule has 1 unspecified atom stereocenters. The summed E-state index contributed by atoms with van der Waals surface area (Å²) in [5.74, 6) is 0.985. The lowest BCUT2D eigenvalue weighted by atomic mass is 10.0. The Morgan fingerprint density at radius 2 is 2.19 bits per heavy atom. The van der Waals surface area contributed by atoms with E-state index in [9.17, 15) is 4.79 Å². The summed E-state index contributed by atoms with van der Waals surface area (Å²) in [6.45, 7) is 4.18. The Morgan fingerprint density at radius 1 is 1.50 bits per heavy atom. The van der Waals surface area contributed by atoms with Crippen LogP contribution in [0.15, 0.2) is 0 Å². The molecule has 0 radical (unpaired) electrons. The third-order valence-electron chi connectivity index (χ3n) is 3.27. The smallest absolute Gasteiger partial charge is 0.273 e. The van der Waals surface area contributed by atoms with Gasteiger partial charge in [-0.25, -0.2) is 4.98 Å². The minimum Gasteiger partial charge on any atom is -0.343 e. The van der Waals surface area contributed by atoms with E-state index >= 15 is 0 Å². The maximum absolute atomic E-state index is 12.0. The van der Waals surface area contributed by atoms with Crippen LogP contribution in [-0.4, -0.2) is 34.5 Å². The predicted octanol–water partition coefficient (Wildman–Crippen LogP) is 1.79. The van der Waals surface area contributed by atoms with E-state index in [1.165, 1.54) is 6.42 Å². The van der Waals surface area contributed by atoms with E-state index in [4.69, 9.17) is 0 Å². The first-order valence-electron chi connectivity index (χ1n) is 5.81. The van der Waals surface area contributed by atoms with Crippen molar-refractivity contribution in [1.29, 1.82) is 0 Å². The standard InChI is InChI=1S/C12H19N3O/c1-8-6-5-7-10-11(12(16)14(3)4)13-9(2)15(8)10/h8H,5-7H2,1-4H3. The quantitative estimate of drug-likeness (QED) is 0.725. The van der Waals surface area contributed by atoms with Crippen LogP contribution < -0.4 is 0 Å². The number of imidazole rings is 1. The van der Waals surface area contributed by atoms with Crippen molar-refractivity contribution in [3.05, 3.63) is 17.2 Å². The first-order chi connectivity index (χ1) is 7.52. The van der Waals surface area contributed by atoms with Crippen molar-refractivity contribution in [3.8, 4) is 0 Å². The van der Waals surface area contributed by atoms with Crippen molar-refractivity contribution in [1.82, 2.24) is 14.5 Å². The second-order valence-electron chi connectivity index (χ2n) is 4.77. The molecule has 1 aromatic heterocycles. The Bertz CT molecular complexity index is 420. The Kier molecular flexibility index (Phi) is 2.74. The molecule has 4 nitrogen and oxygen atoms in total. The van der Waals surface area contributed by atoms with E-state index in [-0.39, 0.29) is 5.91 Å². The molecule has 16 heavy (non-hydrogen) atoms. The Labute approximate surface area is 96.3 Å². The van der Waals surface area contributed by atoms with Gasteiger partial charge in [0.05, 0.1) is 5.69 Å². The lowest BCUT2D eigenvalue weighted by molar-refractivity contribution is 0.0820. The minimum atomic E-state index is 0.0194. The Balaban J connectivity index is 2.49. The molecule has 0 N–H and O–H groups in total. The number of hydrogen-bond acceptors (Lipinski definition) is 2. The monoisotopic (exact) mass is 221 g/mol. The maximum Gasteiger partial charge on any atom is 0.273 e. The number of hydrogen-bond donors (Lipinski definition) is 0. The number of amides is 1. The first kappa shape index (κ1) is 11.2. The van der Waals surface area contributed by atoms with Crippen LogP contribution in [-0.2, 0) is 6.42 Å². The molecule has 2 rings (SSSR count). The molecule has 1 aliphatic heterocycles. The number of aromatic nitrogens is 2. The predicted molar refractivity (Wildman–Crippen MR) is 62.6 cm³/mol. The van der Waals surface area contributed by atoms with Crippen molar-refractivity contribution in [2.45, 2.75) is 39.2 Å². The topological polar surface area (TPSA) is 38.1 Å². The molecule has 0 bridgehead atoms. The van der Waals surface area contributed by atoms with E-state index in [0.29, 0.717) is 11.7 Å². The first-order valence-corrected chi connectivity index (χ1v) is 5.81. The largest absolute Gasteiger partial charge is 0.343 e. The van der Waals surface area contributed by atoms with Gasteiger partial charge >= 0.3 is 0 Å². The molecule has 0 saturated carbocycles. The van der Waals surface area contributed by atoms with Crippen LogP contribution in [0.2, 0.25) is 0 Å². The van der Waals surface area contributed by atoms with E-state index in [1.807, 2.05) is 6.92 Å². The lowest BCUT2D eigenvalue weighted by Crippen LogP contribution is -2.25. The van der Waals surface area contributed by atoms with Crippen molar-refractivity contribution in [3.63, 3.8) is 0 Å². The van der Waals surface area contributed by atoms with Gasteiger partial charge < -0.3 is 9.47 Å². The van der Waals surface area contributed by atoms with E-state index in [0.717, 1.165) is 24.4 Å². The van der Waals surface area contributed by atoms with Gasteiger partial charge in [0.25, 0.3) is 5.91 Å². The summed E-state index contributed by atoms with van der Waals surface area (Å²) in [5.41, 5.74) is 1.77. The summed E-state index contributed by atoms with van der Waals surface area (Å²) < 4.78 is 2.22. The zero-order chi connectivity index (χ0) is 11.9. The lowest BCUT2D eigenvalue weighted by Gasteiger charge is -2.24. The molecule has 2 heterocycles. The highest BCUT2D eigenvalue weighted by Crippen LogP contribution is 2.28. The number of nitrogens with zero attached hydrogens (tertiary/aromatic N) is 3. The molecular formula is C12H19N3O. The second kappa shape index (κ2) is 3.92. The Hall–Kier alpha value is -1.32. The van der Waals surface area contributed by atoms with Crippen LogP contribution in [0.4, 0.5) is 0 Å². The molecular weight excluding hydrogens is 202 g/mol. The van der Waals surface area contributed by atoms with Crippen LogP contribution in [0.5, 0.6) is 0 Å². The SMILES string of the molecule is Cc1nc(C(=O)N(C)C)c2n1C(C)CCC2. The van der Waals surface area contributed by atoms with E-state index in [1.54, 1.807) is 19.0 Å². The van der Waals surface area contributed by atoms with Crippen LogP contribution in [0.25, 0.3) is 0 Å². The number of carbonyl (C=O) groups is 1. The van der Waals surface area contributed by atoms with Crippen LogP contribution in [0.3, 0.4) is 0 Å². The van der Waals surface area contributed by atoms with Gasteiger partial charge in [0, 0.05) is 20.1 Å². The Morgan fingerprint density at radius 3 is 2.81 bits per heavy atom. The molecule has 0 fully saturated rings. The van der Waals surface area contributed by atoms with Gasteiger partial charge in [-0.15, -0.1) is 0 Å². The van der Waals surface area contributed by atoms with E-state index in [2.05, 4.69) is 16.5 Å². The zero-order valence-electron chi connectivity index (χ0n) is 10.4. The van der Waals surface area contributed by atoms with Gasteiger partial charge in [0.15, 0.2) is 0 Å². The van der Waals surface area contributed by atoms with Gasteiger partial charge in [-0.3, -0.25) is 4.79 Å². The van der Waals surface area contributed by atoms with Gasteiger partial charge in [0.2, 0.25) is 0 Å². The zero-order valence-corrected chi connectivity index (χ0v) is 10.4. The molecule has 88 valence electrons. The van der Waals surface area contributed by atoms with Crippen LogP contribution in [0, 0.1) is 6.92 Å². The summed E-state index contributed by atoms with van der Waals surface area (Å²) in [4.78, 5) is 18.0. The molecule has 1 amide bonds. The highest BCUT2D eigenvalue weighted by Gasteiger charge is 2.26. The molecule has 1 aromatic rings. The average molecular weight is 221 g/mol. The summed E-state index contributed by atoms with van der Waals surface area (Å²) in [5, 5.41) is 0. The van der Waals surface area contributed by atoms with Gasteiger partial charge in [-0.05, 0) is 33.1 Å². The molecule has 1 aliphatic rings. The molecule has 0 aliphatic carbocycles. The summed E-state index contributed by atoms with van der Waals surface area (Å²) >= 11 is 0. The fraction of sp³-hybridized carbons (Fsp3) is 0.667. The number of fused-ring (bicyclic) bond motifs is 1. The van der Waals surface area contributed by atoms with E-state index < -0.39 is 0 Å². The van der Waals surface area contributed by atoms with Crippen LogP contribution >= 0.6 is 0 Å². The van der Waals surface area contributed by atoms with Crippen molar-refractivity contribution < 1.29 is 4.79 Å². The summed E-state index contributed by atoms with van der Waals surface area (Å²) in [7, 11) is 3.55. The third-order valence-corrected chi connectivity index (χ3v) is 3.27. The van der Waals surface area contributed by atoms with Gasteiger partial charge in [-0.2, -0.15) is 0 Å². The maximum atomic E-state index is 12.0. The van der Waals surface area contributed by atoms with Gasteiger partial charge in [-0.1, -0.05) is 0 Å². The number of aryl methyl sites for hydroxylation is 1. The highest BCUT2D eigenvalue weighted by atomic mass is 16.2. The molecule has 0 aromatic carbocycles. The third kappa shape index (κ3) is 1.62. The molecule has 1 atom stereocenters. The van der Waals surface area contributed by atoms with Gasteiger partial charge in [0.1, 0.15) is 11.5 Å². The molecule has 0 spiro atoms. The van der Waals surface area contributed by atoms with Crippen LogP contribution in [0.1, 0.15) is 47.8 Å². The van der Waals surface area contributed by atoms with Crippen molar-refractivity contribution in [2.75, 3.05) is 14.1 Å². The van der Waals surface area contributed by atoms with Crippen molar-refractivity contribution >= 4 is 5.91 Å². The number of carbonyl (C=O) groups excluding carboxylic acids is 1. The highest BCUT2D eigenvalue weighted by molar-refractivity contribution is 5.93. The fourth-order valence-corrected chi connectivity index (χ4v) is 2.49. The normalized spacial score (nSPS) is 19.4.